The molecule has 1 rings (SSSR count). The maximum atomic E-state index is 9.05. The predicted octanol–water partition coefficient (Wildman–Crippen LogP) is 6.24. The van der Waals surface area contributed by atoms with Gasteiger partial charge in [0, 0.05) is 16.9 Å². The monoisotopic (exact) mass is 540 g/mol. The van der Waals surface area contributed by atoms with Crippen molar-refractivity contribution in [2.45, 2.75) is 70.6 Å². The van der Waals surface area contributed by atoms with Crippen LogP contribution >= 0.6 is 41.6 Å². The molecule has 0 aromatic heterocycles. The Bertz CT molecular complexity index is 557. The van der Waals surface area contributed by atoms with Crippen LogP contribution in [0.15, 0.2) is 30.3 Å². The number of unbranched alkanes of at least 4 members (excludes halogenated alkanes) is 9. The van der Waals surface area contributed by atoms with Gasteiger partial charge in [0.1, 0.15) is 0 Å². The lowest BCUT2D eigenvalue weighted by Gasteiger charge is -2.31. The van der Waals surface area contributed by atoms with Crippen molar-refractivity contribution in [3.05, 3.63) is 35.9 Å². The van der Waals surface area contributed by atoms with E-state index in [0.29, 0.717) is 11.5 Å². The summed E-state index contributed by atoms with van der Waals surface area (Å²) in [5.41, 5.74) is 0.857. The van der Waals surface area contributed by atoms with Crippen molar-refractivity contribution in [1.29, 1.82) is 0 Å². The van der Waals surface area contributed by atoms with Crippen molar-refractivity contribution in [2.75, 3.05) is 30.5 Å². The molecule has 1 aromatic carbocycles. The molecule has 0 aliphatic heterocycles. The second-order valence-corrected chi connectivity index (χ2v) is 11.5. The Morgan fingerprint density at radius 1 is 0.727 bits per heavy atom. The first-order valence-corrected chi connectivity index (χ1v) is 15.9. The van der Waals surface area contributed by atoms with Crippen LogP contribution in [0.1, 0.15) is 69.8 Å². The second kappa shape index (κ2) is 20.7. The van der Waals surface area contributed by atoms with Gasteiger partial charge >= 0.3 is 17.2 Å². The van der Waals surface area contributed by atoms with Gasteiger partial charge in [-0.05, 0) is 30.6 Å². The Balaban J connectivity index is 1.99. The Morgan fingerprint density at radius 2 is 1.21 bits per heavy atom. The van der Waals surface area contributed by atoms with Crippen LogP contribution in [-0.4, -0.2) is 50.0 Å². The molecule has 0 spiro atoms. The SMILES string of the molecule is OP(O)OCC(CS)(COP(O)O)CSCCCCCCCCCCCCc1ccccc1. The van der Waals surface area contributed by atoms with Gasteiger partial charge in [0.2, 0.25) is 0 Å². The van der Waals surface area contributed by atoms with Crippen molar-refractivity contribution in [3.8, 4) is 0 Å². The summed E-state index contributed by atoms with van der Waals surface area (Å²) in [5.74, 6) is 2.03. The molecule has 192 valence electrons. The number of thioether (sulfide) groups is 1. The van der Waals surface area contributed by atoms with Crippen LogP contribution in [0.2, 0.25) is 0 Å². The van der Waals surface area contributed by atoms with Gasteiger partial charge in [-0.1, -0.05) is 81.7 Å². The molecule has 33 heavy (non-hydrogen) atoms. The zero-order chi connectivity index (χ0) is 24.2. The quantitative estimate of drug-likeness (QED) is 0.0675. The van der Waals surface area contributed by atoms with E-state index in [4.69, 9.17) is 28.6 Å². The predicted molar refractivity (Wildman–Crippen MR) is 145 cm³/mol. The van der Waals surface area contributed by atoms with Gasteiger partial charge in [0.25, 0.3) is 0 Å². The number of benzene rings is 1. The average Bonchev–Trinajstić information content (AvgIpc) is 2.81. The molecule has 0 heterocycles. The molecule has 0 fully saturated rings. The number of rotatable bonds is 22. The first-order valence-electron chi connectivity index (χ1n) is 11.8. The van der Waals surface area contributed by atoms with Crippen LogP contribution in [0.5, 0.6) is 0 Å². The lowest BCUT2D eigenvalue weighted by atomic mass is 9.96. The lowest BCUT2D eigenvalue weighted by Crippen LogP contribution is -2.36. The minimum atomic E-state index is -2.46. The normalized spacial score (nSPS) is 12.2. The number of thiol groups is 1. The van der Waals surface area contributed by atoms with Crippen LogP contribution in [0.4, 0.5) is 0 Å². The fourth-order valence-electron chi connectivity index (χ4n) is 3.53. The standard InChI is InChI=1S/C23H42O6P2S2/c24-30(25)28-18-23(20-32,19-29-31(26)27)21-33-17-13-8-6-4-2-1-3-5-7-10-14-22-15-11-9-12-16-22/h9,11-12,15-16,24-27,32H,1-8,10,13-14,17-21H2. The summed E-state index contributed by atoms with van der Waals surface area (Å²) in [7, 11) is -4.92. The first kappa shape index (κ1) is 31.6. The molecule has 0 saturated carbocycles. The van der Waals surface area contributed by atoms with Gasteiger partial charge in [0.05, 0.1) is 13.2 Å². The molecule has 6 nitrogen and oxygen atoms in total. The lowest BCUT2D eigenvalue weighted by molar-refractivity contribution is 0.101. The number of hydrogen-bond donors (Lipinski definition) is 5. The van der Waals surface area contributed by atoms with Crippen LogP contribution in [0.25, 0.3) is 0 Å². The summed E-state index contributed by atoms with van der Waals surface area (Å²) in [5, 5.41) is 0. The van der Waals surface area contributed by atoms with Crippen molar-refractivity contribution >= 4 is 41.6 Å². The zero-order valence-corrected chi connectivity index (χ0v) is 23.1. The number of aryl methyl sites for hydroxylation is 1. The summed E-state index contributed by atoms with van der Waals surface area (Å²) in [6, 6.07) is 10.7. The molecule has 0 aliphatic rings. The first-order chi connectivity index (χ1) is 16.0. The Morgan fingerprint density at radius 3 is 1.70 bits per heavy atom. The molecular weight excluding hydrogens is 498 g/mol. The van der Waals surface area contributed by atoms with Crippen LogP contribution in [0.3, 0.4) is 0 Å². The van der Waals surface area contributed by atoms with Crippen molar-refractivity contribution in [2.24, 2.45) is 5.41 Å². The largest absolute Gasteiger partial charge is 0.328 e. The molecule has 4 N–H and O–H groups in total. The number of hydrogen-bond acceptors (Lipinski definition) is 8. The Labute approximate surface area is 212 Å². The topological polar surface area (TPSA) is 99.4 Å². The third-order valence-corrected chi connectivity index (χ3v) is 8.35. The second-order valence-electron chi connectivity index (χ2n) is 8.53. The van der Waals surface area contributed by atoms with Gasteiger partial charge in [-0.3, -0.25) is 0 Å². The van der Waals surface area contributed by atoms with E-state index in [1.54, 1.807) is 11.8 Å². The molecular formula is C23H42O6P2S2. The minimum Gasteiger partial charge on any atom is -0.328 e. The molecule has 0 amide bonds. The summed E-state index contributed by atoms with van der Waals surface area (Å²) >= 11 is 6.10. The fraction of sp³-hybridized carbons (Fsp3) is 0.739. The smallest absolute Gasteiger partial charge is 0.327 e. The molecule has 0 aliphatic carbocycles. The third-order valence-electron chi connectivity index (χ3n) is 5.56. The van der Waals surface area contributed by atoms with Gasteiger partial charge < -0.3 is 28.6 Å². The maximum absolute atomic E-state index is 9.05. The van der Waals surface area contributed by atoms with E-state index in [2.05, 4.69) is 43.0 Å². The van der Waals surface area contributed by atoms with Gasteiger partial charge in [-0.2, -0.15) is 24.4 Å². The van der Waals surface area contributed by atoms with E-state index in [1.807, 2.05) is 0 Å². The van der Waals surface area contributed by atoms with Gasteiger partial charge in [-0.15, -0.1) is 0 Å². The molecule has 0 unspecified atom stereocenters. The van der Waals surface area contributed by atoms with Crippen molar-refractivity contribution in [3.63, 3.8) is 0 Å². The van der Waals surface area contributed by atoms with E-state index < -0.39 is 22.6 Å². The maximum Gasteiger partial charge on any atom is 0.327 e. The van der Waals surface area contributed by atoms with E-state index in [0.717, 1.165) is 12.2 Å². The van der Waals surface area contributed by atoms with Crippen LogP contribution < -0.4 is 0 Å². The Hall–Kier alpha value is 0.540. The molecule has 10 heteroatoms. The molecule has 0 bridgehead atoms. The molecule has 0 atom stereocenters. The van der Waals surface area contributed by atoms with Crippen molar-refractivity contribution in [1.82, 2.24) is 0 Å². The van der Waals surface area contributed by atoms with Crippen molar-refractivity contribution < 1.29 is 28.6 Å². The van der Waals surface area contributed by atoms with E-state index >= 15 is 0 Å². The van der Waals surface area contributed by atoms with Gasteiger partial charge in [-0.25, -0.2) is 0 Å². The molecule has 0 saturated heterocycles. The van der Waals surface area contributed by atoms with Gasteiger partial charge in [0.15, 0.2) is 0 Å². The highest BCUT2D eigenvalue weighted by atomic mass is 32.2. The van der Waals surface area contributed by atoms with Crippen LogP contribution in [-0.2, 0) is 15.5 Å². The molecule has 1 aromatic rings. The summed E-state index contributed by atoms with van der Waals surface area (Å²) in [6.45, 7) is 0.106. The van der Waals surface area contributed by atoms with E-state index in [-0.39, 0.29) is 13.2 Å². The highest BCUT2D eigenvalue weighted by Gasteiger charge is 2.32. The fourth-order valence-corrected chi connectivity index (χ4v) is 6.01. The third kappa shape index (κ3) is 17.6. The highest BCUT2D eigenvalue weighted by Crippen LogP contribution is 2.36. The zero-order valence-electron chi connectivity index (χ0n) is 19.6. The Kier molecular flexibility index (Phi) is 19.8. The van der Waals surface area contributed by atoms with E-state index in [9.17, 15) is 0 Å². The van der Waals surface area contributed by atoms with Crippen LogP contribution in [0, 0.1) is 5.41 Å². The summed E-state index contributed by atoms with van der Waals surface area (Å²) in [6.07, 6.45) is 14.0. The minimum absolute atomic E-state index is 0.0532. The highest BCUT2D eigenvalue weighted by molar-refractivity contribution is 7.99. The molecule has 0 radical (unpaired) electrons. The summed E-state index contributed by atoms with van der Waals surface area (Å²) in [4.78, 5) is 36.2. The summed E-state index contributed by atoms with van der Waals surface area (Å²) < 4.78 is 9.98. The average molecular weight is 541 g/mol. The van der Waals surface area contributed by atoms with E-state index in [1.165, 1.54) is 69.8 Å².